The minimum absolute atomic E-state index is 0.447. The monoisotopic (exact) mass is 329 g/mol. The lowest BCUT2D eigenvalue weighted by atomic mass is 10.4. The number of nitrogen functional groups attached to an aromatic ring is 1. The van der Waals surface area contributed by atoms with Crippen LogP contribution in [-0.2, 0) is 6.54 Å². The molecule has 0 amide bonds. The maximum Gasteiger partial charge on any atom is 0.205 e. The van der Waals surface area contributed by atoms with Crippen molar-refractivity contribution in [2.24, 2.45) is 5.84 Å². The van der Waals surface area contributed by atoms with Gasteiger partial charge in [0.1, 0.15) is 6.33 Å². The average Bonchev–Trinajstić information content (AvgIpc) is 2.81. The van der Waals surface area contributed by atoms with E-state index < -0.39 is 0 Å². The van der Waals surface area contributed by atoms with Gasteiger partial charge in [-0.05, 0) is 28.1 Å². The van der Waals surface area contributed by atoms with E-state index in [4.69, 9.17) is 10.6 Å². The standard InChI is InChI=1S/C10H12BrN5OS/c1-17-8-9(14-5-15-10(8)16-12)13-4-6-2-3-7(11)18-6/h2-3,5H,4,12H2,1H3,(H2,13,14,15,16). The predicted octanol–water partition coefficient (Wildman–Crippen LogP) is 2.21. The summed E-state index contributed by atoms with van der Waals surface area (Å²) in [7, 11) is 1.55. The van der Waals surface area contributed by atoms with Crippen LogP contribution in [0.2, 0.25) is 0 Å². The fraction of sp³-hybridized carbons (Fsp3) is 0.200. The van der Waals surface area contributed by atoms with Gasteiger partial charge in [0.25, 0.3) is 0 Å². The van der Waals surface area contributed by atoms with Crippen LogP contribution in [0.5, 0.6) is 5.75 Å². The molecule has 0 saturated carbocycles. The second-order valence-corrected chi connectivity index (χ2v) is 5.86. The van der Waals surface area contributed by atoms with E-state index in [0.29, 0.717) is 23.9 Å². The van der Waals surface area contributed by atoms with Crippen molar-refractivity contribution >= 4 is 38.9 Å². The highest BCUT2D eigenvalue weighted by Crippen LogP contribution is 2.29. The van der Waals surface area contributed by atoms with Crippen LogP contribution in [0.1, 0.15) is 4.88 Å². The van der Waals surface area contributed by atoms with E-state index in [1.165, 1.54) is 11.2 Å². The van der Waals surface area contributed by atoms with E-state index in [9.17, 15) is 0 Å². The molecular formula is C10H12BrN5OS. The second-order valence-electron chi connectivity index (χ2n) is 3.31. The summed E-state index contributed by atoms with van der Waals surface area (Å²) < 4.78 is 6.32. The zero-order chi connectivity index (χ0) is 13.0. The molecule has 2 aromatic rings. The highest BCUT2D eigenvalue weighted by atomic mass is 79.9. The fourth-order valence-corrected chi connectivity index (χ4v) is 2.84. The predicted molar refractivity (Wildman–Crippen MR) is 75.7 cm³/mol. The molecule has 8 heteroatoms. The van der Waals surface area contributed by atoms with E-state index in [1.807, 2.05) is 12.1 Å². The maximum atomic E-state index is 5.35. The normalized spacial score (nSPS) is 10.2. The first kappa shape index (κ1) is 13.1. The summed E-state index contributed by atoms with van der Waals surface area (Å²) in [6.07, 6.45) is 1.42. The van der Waals surface area contributed by atoms with Gasteiger partial charge in [-0.1, -0.05) is 0 Å². The van der Waals surface area contributed by atoms with Gasteiger partial charge in [-0.3, -0.25) is 0 Å². The van der Waals surface area contributed by atoms with Crippen LogP contribution in [0, 0.1) is 0 Å². The third-order valence-corrected chi connectivity index (χ3v) is 3.83. The van der Waals surface area contributed by atoms with E-state index in [-0.39, 0.29) is 0 Å². The lowest BCUT2D eigenvalue weighted by Gasteiger charge is -2.11. The minimum Gasteiger partial charge on any atom is -0.490 e. The highest BCUT2D eigenvalue weighted by Gasteiger charge is 2.11. The third kappa shape index (κ3) is 2.89. The number of thiophene rings is 1. The van der Waals surface area contributed by atoms with Crippen molar-refractivity contribution in [3.63, 3.8) is 0 Å². The smallest absolute Gasteiger partial charge is 0.205 e. The number of nitrogens with one attached hydrogen (secondary N) is 2. The summed E-state index contributed by atoms with van der Waals surface area (Å²) in [5, 5.41) is 3.19. The number of methoxy groups -OCH3 is 1. The van der Waals surface area contributed by atoms with Crippen molar-refractivity contribution in [2.75, 3.05) is 17.9 Å². The van der Waals surface area contributed by atoms with Crippen molar-refractivity contribution in [3.05, 3.63) is 27.1 Å². The third-order valence-electron chi connectivity index (χ3n) is 2.20. The molecule has 0 atom stereocenters. The van der Waals surface area contributed by atoms with E-state index in [1.54, 1.807) is 18.4 Å². The Labute approximate surface area is 117 Å². The first-order valence-electron chi connectivity index (χ1n) is 5.08. The number of hydrazine groups is 1. The number of rotatable bonds is 5. The Morgan fingerprint density at radius 1 is 1.39 bits per heavy atom. The molecule has 0 aromatic carbocycles. The van der Waals surface area contributed by atoms with Crippen LogP contribution in [0.15, 0.2) is 22.2 Å². The number of anilines is 2. The van der Waals surface area contributed by atoms with Gasteiger partial charge in [0.2, 0.25) is 5.75 Å². The van der Waals surface area contributed by atoms with Gasteiger partial charge >= 0.3 is 0 Å². The summed E-state index contributed by atoms with van der Waals surface area (Å²) in [5.74, 6) is 6.90. The van der Waals surface area contributed by atoms with Crippen molar-refractivity contribution in [1.29, 1.82) is 0 Å². The molecule has 2 aromatic heterocycles. The van der Waals surface area contributed by atoms with Gasteiger partial charge in [0, 0.05) is 4.88 Å². The molecule has 0 radical (unpaired) electrons. The molecule has 0 saturated heterocycles. The van der Waals surface area contributed by atoms with Crippen molar-refractivity contribution < 1.29 is 4.74 Å². The highest BCUT2D eigenvalue weighted by molar-refractivity contribution is 9.11. The van der Waals surface area contributed by atoms with E-state index in [2.05, 4.69) is 36.6 Å². The number of halogens is 1. The Bertz CT molecular complexity index is 533. The van der Waals surface area contributed by atoms with E-state index in [0.717, 1.165) is 3.79 Å². The molecular weight excluding hydrogens is 318 g/mol. The molecule has 4 N–H and O–H groups in total. The molecule has 0 spiro atoms. The number of ether oxygens (including phenoxy) is 1. The van der Waals surface area contributed by atoms with Crippen LogP contribution in [0.3, 0.4) is 0 Å². The first-order valence-corrected chi connectivity index (χ1v) is 6.69. The summed E-state index contributed by atoms with van der Waals surface area (Å²) >= 11 is 5.08. The van der Waals surface area contributed by atoms with Crippen molar-refractivity contribution in [1.82, 2.24) is 9.97 Å². The molecule has 0 fully saturated rings. The first-order chi connectivity index (χ1) is 8.74. The molecule has 2 heterocycles. The van der Waals surface area contributed by atoms with Crippen molar-refractivity contribution in [3.8, 4) is 5.75 Å². The molecule has 0 aliphatic heterocycles. The minimum atomic E-state index is 0.447. The number of hydrogen-bond donors (Lipinski definition) is 3. The Morgan fingerprint density at radius 3 is 2.78 bits per heavy atom. The summed E-state index contributed by atoms with van der Waals surface area (Å²) in [4.78, 5) is 9.29. The molecule has 0 bridgehead atoms. The van der Waals surface area contributed by atoms with Crippen LogP contribution >= 0.6 is 27.3 Å². The molecule has 18 heavy (non-hydrogen) atoms. The fourth-order valence-electron chi connectivity index (χ4n) is 1.41. The topological polar surface area (TPSA) is 85.1 Å². The van der Waals surface area contributed by atoms with Gasteiger partial charge in [0.05, 0.1) is 17.4 Å². The number of nitrogens with two attached hydrogens (primary N) is 1. The van der Waals surface area contributed by atoms with Gasteiger partial charge in [-0.15, -0.1) is 11.3 Å². The van der Waals surface area contributed by atoms with Crippen molar-refractivity contribution in [2.45, 2.75) is 6.54 Å². The molecule has 0 aliphatic rings. The molecule has 96 valence electrons. The van der Waals surface area contributed by atoms with Gasteiger partial charge in [0.15, 0.2) is 11.6 Å². The Kier molecular flexibility index (Phi) is 4.34. The number of aromatic nitrogens is 2. The van der Waals surface area contributed by atoms with Crippen LogP contribution < -0.4 is 21.3 Å². The number of nitrogens with zero attached hydrogens (tertiary/aromatic N) is 2. The lowest BCUT2D eigenvalue weighted by Crippen LogP contribution is -2.12. The maximum absolute atomic E-state index is 5.35. The largest absolute Gasteiger partial charge is 0.490 e. The molecule has 0 unspecified atom stereocenters. The SMILES string of the molecule is COc1c(NN)ncnc1NCc1ccc(Br)s1. The van der Waals surface area contributed by atoms with Gasteiger partial charge < -0.3 is 15.5 Å². The second kappa shape index (κ2) is 5.98. The average molecular weight is 330 g/mol. The Balaban J connectivity index is 2.13. The zero-order valence-electron chi connectivity index (χ0n) is 9.61. The van der Waals surface area contributed by atoms with Gasteiger partial charge in [-0.25, -0.2) is 15.8 Å². The van der Waals surface area contributed by atoms with E-state index >= 15 is 0 Å². The molecule has 6 nitrogen and oxygen atoms in total. The Morgan fingerprint density at radius 2 is 2.17 bits per heavy atom. The summed E-state index contributed by atoms with van der Waals surface area (Å²) in [5.41, 5.74) is 2.47. The Hall–Kier alpha value is -1.38. The molecule has 2 rings (SSSR count). The summed E-state index contributed by atoms with van der Waals surface area (Å²) in [6.45, 7) is 0.660. The van der Waals surface area contributed by atoms with Crippen LogP contribution in [-0.4, -0.2) is 17.1 Å². The molecule has 0 aliphatic carbocycles. The quantitative estimate of drug-likeness (QED) is 0.576. The zero-order valence-corrected chi connectivity index (χ0v) is 12.0. The lowest BCUT2D eigenvalue weighted by molar-refractivity contribution is 0.414. The number of hydrogen-bond acceptors (Lipinski definition) is 7. The van der Waals surface area contributed by atoms with Gasteiger partial charge in [-0.2, -0.15) is 0 Å². The summed E-state index contributed by atoms with van der Waals surface area (Å²) in [6, 6.07) is 4.04. The van der Waals surface area contributed by atoms with Crippen LogP contribution in [0.4, 0.5) is 11.6 Å². The van der Waals surface area contributed by atoms with Crippen LogP contribution in [0.25, 0.3) is 0 Å².